The van der Waals surface area contributed by atoms with E-state index in [-0.39, 0.29) is 30.9 Å². The molecule has 0 aromatic heterocycles. The van der Waals surface area contributed by atoms with Crippen LogP contribution in [-0.4, -0.2) is 31.6 Å². The van der Waals surface area contributed by atoms with Crippen LogP contribution in [0.15, 0.2) is 40.7 Å². The van der Waals surface area contributed by atoms with Gasteiger partial charge in [-0.05, 0) is 46.7 Å². The summed E-state index contributed by atoms with van der Waals surface area (Å²) in [6.45, 7) is 2.66. The molecule has 0 spiro atoms. The molecule has 1 aromatic rings. The number of Topliss-reactive ketones (excluding diaryl/α,β-unsaturated/α-hetero) is 1. The van der Waals surface area contributed by atoms with Crippen LogP contribution in [0, 0.1) is 10.5 Å². The van der Waals surface area contributed by atoms with Gasteiger partial charge in [-0.15, -0.1) is 0 Å². The Kier molecular flexibility index (Phi) is 3.53. The zero-order valence-electron chi connectivity index (χ0n) is 12.4. The van der Waals surface area contributed by atoms with Gasteiger partial charge in [0.25, 0.3) is 0 Å². The van der Waals surface area contributed by atoms with Crippen LogP contribution in [-0.2, 0) is 19.1 Å². The molecule has 0 bridgehead atoms. The minimum atomic E-state index is -0.373. The van der Waals surface area contributed by atoms with Crippen LogP contribution in [0.1, 0.15) is 17.0 Å². The fourth-order valence-electron chi connectivity index (χ4n) is 3.27. The first-order chi connectivity index (χ1) is 11.1. The van der Waals surface area contributed by atoms with Crippen LogP contribution >= 0.6 is 22.6 Å². The number of carbonyl (C=O) groups is 2. The minimum absolute atomic E-state index is 0.0532. The number of esters is 1. The lowest BCUT2D eigenvalue weighted by Gasteiger charge is -2.32. The number of cyclic esters (lactones) is 1. The molecule has 5 nitrogen and oxygen atoms in total. The zero-order chi connectivity index (χ0) is 16.1. The highest BCUT2D eigenvalue weighted by Crippen LogP contribution is 2.42. The van der Waals surface area contributed by atoms with E-state index in [0.29, 0.717) is 17.8 Å². The van der Waals surface area contributed by atoms with Gasteiger partial charge in [-0.2, -0.15) is 0 Å². The van der Waals surface area contributed by atoms with Gasteiger partial charge in [0.1, 0.15) is 13.2 Å². The van der Waals surface area contributed by atoms with E-state index in [9.17, 15) is 9.59 Å². The van der Waals surface area contributed by atoms with Gasteiger partial charge in [-0.1, -0.05) is 12.1 Å². The van der Waals surface area contributed by atoms with Crippen LogP contribution in [0.2, 0.25) is 0 Å². The molecule has 0 aliphatic carbocycles. The summed E-state index contributed by atoms with van der Waals surface area (Å²) in [4.78, 5) is 24.7. The van der Waals surface area contributed by atoms with E-state index in [1.807, 2.05) is 25.1 Å². The number of ether oxygens (including phenoxy) is 2. The number of carbonyl (C=O) groups excluding carboxylic acids is 2. The smallest absolute Gasteiger partial charge is 0.337 e. The number of aryl methyl sites for hydroxylation is 1. The first-order valence-electron chi connectivity index (χ1n) is 7.33. The van der Waals surface area contributed by atoms with E-state index >= 15 is 0 Å². The summed E-state index contributed by atoms with van der Waals surface area (Å²) in [5.74, 6) is -0.800. The van der Waals surface area contributed by atoms with Gasteiger partial charge in [0.2, 0.25) is 0 Å². The van der Waals surface area contributed by atoms with Crippen LogP contribution in [0.25, 0.3) is 0 Å². The van der Waals surface area contributed by atoms with Crippen molar-refractivity contribution in [3.8, 4) is 0 Å². The second kappa shape index (κ2) is 5.45. The second-order valence-electron chi connectivity index (χ2n) is 5.84. The fraction of sp³-hybridized carbons (Fsp3) is 0.294. The van der Waals surface area contributed by atoms with E-state index in [1.54, 1.807) is 0 Å². The number of rotatable bonds is 1. The monoisotopic (exact) mass is 423 g/mol. The number of halogens is 1. The molecule has 4 rings (SSSR count). The Morgan fingerprint density at radius 1 is 1.13 bits per heavy atom. The Morgan fingerprint density at radius 2 is 1.91 bits per heavy atom. The molecular formula is C17H14INO4. The zero-order valence-corrected chi connectivity index (χ0v) is 14.6. The Labute approximate surface area is 146 Å². The number of ketones is 1. The van der Waals surface area contributed by atoms with Gasteiger partial charge < -0.3 is 14.8 Å². The maximum absolute atomic E-state index is 12.5. The average Bonchev–Trinajstić information content (AvgIpc) is 2.90. The molecule has 3 aliphatic heterocycles. The first-order valence-corrected chi connectivity index (χ1v) is 8.41. The van der Waals surface area contributed by atoms with Crippen molar-refractivity contribution in [3.63, 3.8) is 0 Å². The lowest BCUT2D eigenvalue weighted by molar-refractivity contribution is -0.136. The van der Waals surface area contributed by atoms with E-state index in [2.05, 4.69) is 27.9 Å². The summed E-state index contributed by atoms with van der Waals surface area (Å²) in [6, 6.07) is 6.04. The van der Waals surface area contributed by atoms with Crippen LogP contribution < -0.4 is 5.32 Å². The summed E-state index contributed by atoms with van der Waals surface area (Å²) in [5, 5.41) is 3.17. The van der Waals surface area contributed by atoms with Crippen molar-refractivity contribution in [2.45, 2.75) is 12.8 Å². The summed E-state index contributed by atoms with van der Waals surface area (Å²) >= 11 is 2.27. The maximum Gasteiger partial charge on any atom is 0.337 e. The van der Waals surface area contributed by atoms with Gasteiger partial charge >= 0.3 is 5.97 Å². The third-order valence-electron chi connectivity index (χ3n) is 4.41. The lowest BCUT2D eigenvalue weighted by Crippen LogP contribution is -2.37. The van der Waals surface area contributed by atoms with Crippen molar-refractivity contribution in [1.29, 1.82) is 0 Å². The third-order valence-corrected chi connectivity index (χ3v) is 5.57. The molecule has 3 heterocycles. The molecule has 1 atom stereocenters. The highest BCUT2D eigenvalue weighted by atomic mass is 127. The highest BCUT2D eigenvalue weighted by Gasteiger charge is 2.43. The summed E-state index contributed by atoms with van der Waals surface area (Å²) in [7, 11) is 0. The van der Waals surface area contributed by atoms with Gasteiger partial charge in [-0.25, -0.2) is 4.79 Å². The van der Waals surface area contributed by atoms with Crippen molar-refractivity contribution in [3.05, 3.63) is 55.4 Å². The van der Waals surface area contributed by atoms with E-state index in [1.165, 1.54) is 5.56 Å². The molecule has 0 amide bonds. The molecule has 1 N–H and O–H groups in total. The number of nitrogens with one attached hydrogen (secondary N) is 1. The Balaban J connectivity index is 1.91. The number of dihydropyridines is 1. The van der Waals surface area contributed by atoms with Crippen molar-refractivity contribution in [1.82, 2.24) is 5.32 Å². The molecule has 6 heteroatoms. The van der Waals surface area contributed by atoms with Gasteiger partial charge in [-0.3, -0.25) is 4.79 Å². The molecule has 0 radical (unpaired) electrons. The van der Waals surface area contributed by atoms with Gasteiger partial charge in [0.05, 0.1) is 17.9 Å². The minimum Gasteiger partial charge on any atom is -0.456 e. The standard InChI is InChI=1S/C17H14INO4/c1-8-2-3-9(4-10(8)18)14-15-11(5-22-7-13(15)20)19-12-6-23-17(21)16(12)14/h2-4,14,19H,5-7H2,1H3/t14-/m1/s1. The van der Waals surface area contributed by atoms with E-state index < -0.39 is 0 Å². The summed E-state index contributed by atoms with van der Waals surface area (Å²) in [5.41, 5.74) is 4.79. The van der Waals surface area contributed by atoms with Crippen molar-refractivity contribution >= 4 is 34.3 Å². The van der Waals surface area contributed by atoms with Crippen LogP contribution in [0.5, 0.6) is 0 Å². The Hall–Kier alpha value is -1.67. The number of hydrogen-bond donors (Lipinski definition) is 1. The molecule has 0 saturated heterocycles. The molecule has 0 fully saturated rings. The average molecular weight is 423 g/mol. The van der Waals surface area contributed by atoms with Gasteiger partial charge in [0.15, 0.2) is 5.78 Å². The van der Waals surface area contributed by atoms with Gasteiger partial charge in [0, 0.05) is 20.8 Å². The maximum atomic E-state index is 12.5. The molecule has 0 unspecified atom stereocenters. The Bertz CT molecular complexity index is 809. The Morgan fingerprint density at radius 3 is 2.70 bits per heavy atom. The normalized spacial score (nSPS) is 23.5. The highest BCUT2D eigenvalue weighted by molar-refractivity contribution is 14.1. The van der Waals surface area contributed by atoms with Crippen LogP contribution in [0.3, 0.4) is 0 Å². The van der Waals surface area contributed by atoms with E-state index in [0.717, 1.165) is 20.5 Å². The largest absolute Gasteiger partial charge is 0.456 e. The van der Waals surface area contributed by atoms with Crippen LogP contribution in [0.4, 0.5) is 0 Å². The molecule has 1 aromatic carbocycles. The fourth-order valence-corrected chi connectivity index (χ4v) is 3.81. The molecule has 118 valence electrons. The summed E-state index contributed by atoms with van der Waals surface area (Å²) < 4.78 is 11.6. The predicted octanol–water partition coefficient (Wildman–Crippen LogP) is 1.95. The molecule has 23 heavy (non-hydrogen) atoms. The lowest BCUT2D eigenvalue weighted by atomic mass is 9.78. The second-order valence-corrected chi connectivity index (χ2v) is 7.01. The first kappa shape index (κ1) is 14.9. The van der Waals surface area contributed by atoms with Crippen molar-refractivity contribution in [2.24, 2.45) is 0 Å². The number of benzene rings is 1. The van der Waals surface area contributed by atoms with Crippen molar-refractivity contribution in [2.75, 3.05) is 19.8 Å². The molecule has 0 saturated carbocycles. The van der Waals surface area contributed by atoms with E-state index in [4.69, 9.17) is 9.47 Å². The summed E-state index contributed by atoms with van der Waals surface area (Å²) in [6.07, 6.45) is 0. The predicted molar refractivity (Wildman–Crippen MR) is 90.6 cm³/mol. The quantitative estimate of drug-likeness (QED) is 0.553. The molecule has 3 aliphatic rings. The topological polar surface area (TPSA) is 64.6 Å². The third kappa shape index (κ3) is 2.31. The molecular weight excluding hydrogens is 409 g/mol. The van der Waals surface area contributed by atoms with Crippen molar-refractivity contribution < 1.29 is 19.1 Å². The SMILES string of the molecule is Cc1ccc([C@@H]2C3=C(COCC3=O)NC3=C2C(=O)OC3)cc1I. The number of hydrogen-bond acceptors (Lipinski definition) is 5.